The van der Waals surface area contributed by atoms with E-state index in [1.165, 1.54) is 12.1 Å². The minimum atomic E-state index is -3.56. The first kappa shape index (κ1) is 20.0. The third-order valence-corrected chi connectivity index (χ3v) is 8.08. The second kappa shape index (κ2) is 7.53. The van der Waals surface area contributed by atoms with Crippen molar-refractivity contribution in [2.45, 2.75) is 23.0 Å². The molecule has 0 N–H and O–H groups in total. The molecule has 1 amide bonds. The maximum Gasteiger partial charge on any atom is 0.272 e. The third-order valence-electron chi connectivity index (χ3n) is 5.31. The number of halogens is 2. The van der Waals surface area contributed by atoms with Gasteiger partial charge in [0.25, 0.3) is 5.91 Å². The topological polar surface area (TPSA) is 72.3 Å². The molecular formula is C20H19BrFN3O3S. The van der Waals surface area contributed by atoms with Gasteiger partial charge in [0.2, 0.25) is 0 Å². The van der Waals surface area contributed by atoms with E-state index >= 15 is 0 Å². The normalized spacial score (nSPS) is 15.8. The van der Waals surface area contributed by atoms with Crippen LogP contribution in [0.4, 0.5) is 4.39 Å². The van der Waals surface area contributed by atoms with Gasteiger partial charge in [-0.1, -0.05) is 15.9 Å². The fraction of sp³-hybridized carbons (Fsp3) is 0.300. The average molecular weight is 480 g/mol. The van der Waals surface area contributed by atoms with Crippen LogP contribution in [0.15, 0.2) is 51.8 Å². The van der Waals surface area contributed by atoms with Gasteiger partial charge in [-0.05, 0) is 55.3 Å². The number of amides is 1. The highest BCUT2D eigenvalue weighted by atomic mass is 79.9. The summed E-state index contributed by atoms with van der Waals surface area (Å²) in [6, 6.07) is 10.5. The first-order chi connectivity index (χ1) is 13.8. The van der Waals surface area contributed by atoms with E-state index in [9.17, 15) is 17.6 Å². The molecule has 0 atom stereocenters. The van der Waals surface area contributed by atoms with Crippen LogP contribution in [0.3, 0.4) is 0 Å². The van der Waals surface area contributed by atoms with Gasteiger partial charge in [-0.15, -0.1) is 0 Å². The monoisotopic (exact) mass is 479 g/mol. The Hall–Kier alpha value is -2.26. The Balaban J connectivity index is 1.52. The van der Waals surface area contributed by atoms with Gasteiger partial charge < -0.3 is 4.90 Å². The lowest BCUT2D eigenvalue weighted by atomic mass is 10.1. The van der Waals surface area contributed by atoms with E-state index in [4.69, 9.17) is 0 Å². The molecule has 4 rings (SSSR count). The number of hydrogen-bond donors (Lipinski definition) is 0. The maximum absolute atomic E-state index is 13.1. The van der Waals surface area contributed by atoms with Crippen molar-refractivity contribution in [2.24, 2.45) is 7.05 Å². The van der Waals surface area contributed by atoms with Crippen LogP contribution >= 0.6 is 15.9 Å². The Morgan fingerprint density at radius 3 is 2.45 bits per heavy atom. The van der Waals surface area contributed by atoms with Gasteiger partial charge in [0, 0.05) is 30.0 Å². The van der Waals surface area contributed by atoms with Gasteiger partial charge in [0.05, 0.1) is 15.7 Å². The Morgan fingerprint density at radius 2 is 1.79 bits per heavy atom. The third kappa shape index (κ3) is 3.69. The van der Waals surface area contributed by atoms with E-state index in [1.54, 1.807) is 16.6 Å². The van der Waals surface area contributed by atoms with E-state index in [0.717, 1.165) is 27.5 Å². The minimum absolute atomic E-state index is 0.117. The quantitative estimate of drug-likeness (QED) is 0.538. The smallest absolute Gasteiger partial charge is 0.272 e. The largest absolute Gasteiger partial charge is 0.337 e. The zero-order chi connectivity index (χ0) is 20.8. The number of aromatic nitrogens is 2. The van der Waals surface area contributed by atoms with E-state index in [1.807, 2.05) is 18.2 Å². The molecule has 0 saturated carbocycles. The molecule has 0 spiro atoms. The van der Waals surface area contributed by atoms with Crippen molar-refractivity contribution in [3.8, 4) is 0 Å². The van der Waals surface area contributed by atoms with Gasteiger partial charge in [-0.3, -0.25) is 9.48 Å². The van der Waals surface area contributed by atoms with Crippen molar-refractivity contribution in [2.75, 3.05) is 13.1 Å². The molecule has 0 aliphatic carbocycles. The van der Waals surface area contributed by atoms with Gasteiger partial charge in [-0.25, -0.2) is 12.8 Å². The van der Waals surface area contributed by atoms with Crippen LogP contribution in [0.1, 0.15) is 23.3 Å². The highest BCUT2D eigenvalue weighted by molar-refractivity contribution is 9.10. The zero-order valence-corrected chi connectivity index (χ0v) is 18.1. The second-order valence-electron chi connectivity index (χ2n) is 7.12. The molecule has 1 saturated heterocycles. The molecule has 0 radical (unpaired) electrons. The van der Waals surface area contributed by atoms with Crippen LogP contribution in [0.2, 0.25) is 0 Å². The lowest BCUT2D eigenvalue weighted by Gasteiger charge is -2.31. The number of benzene rings is 2. The molecule has 1 aliphatic heterocycles. The summed E-state index contributed by atoms with van der Waals surface area (Å²) in [5.74, 6) is -0.630. The Kier molecular flexibility index (Phi) is 5.20. The van der Waals surface area contributed by atoms with Crippen molar-refractivity contribution in [3.05, 3.63) is 58.4 Å². The minimum Gasteiger partial charge on any atom is -0.337 e. The summed E-state index contributed by atoms with van der Waals surface area (Å²) in [6.07, 6.45) is 0.680. The summed E-state index contributed by atoms with van der Waals surface area (Å²) < 4.78 is 41.2. The molecule has 2 aromatic carbocycles. The molecule has 0 bridgehead atoms. The van der Waals surface area contributed by atoms with Gasteiger partial charge >= 0.3 is 0 Å². The number of hydrogen-bond acceptors (Lipinski definition) is 4. The van der Waals surface area contributed by atoms with E-state index < -0.39 is 20.9 Å². The van der Waals surface area contributed by atoms with Crippen LogP contribution in [-0.2, 0) is 16.9 Å². The Morgan fingerprint density at radius 1 is 1.14 bits per heavy atom. The molecule has 9 heteroatoms. The molecule has 6 nitrogen and oxygen atoms in total. The van der Waals surface area contributed by atoms with Crippen LogP contribution in [-0.4, -0.2) is 47.3 Å². The predicted octanol–water partition coefficient (Wildman–Crippen LogP) is 3.55. The fourth-order valence-electron chi connectivity index (χ4n) is 3.76. The summed E-state index contributed by atoms with van der Waals surface area (Å²) in [5, 5.41) is 4.58. The van der Waals surface area contributed by atoms with Crippen molar-refractivity contribution in [1.29, 1.82) is 0 Å². The Labute approximate surface area is 176 Å². The molecule has 3 aromatic rings. The number of nitrogens with zero attached hydrogens (tertiary/aromatic N) is 3. The first-order valence-corrected chi connectivity index (χ1v) is 11.5. The second-order valence-corrected chi connectivity index (χ2v) is 10.3. The number of sulfone groups is 1. The number of fused-ring (bicyclic) bond motifs is 1. The fourth-order valence-corrected chi connectivity index (χ4v) is 5.84. The van der Waals surface area contributed by atoms with Crippen LogP contribution in [0.5, 0.6) is 0 Å². The molecule has 152 valence electrons. The lowest BCUT2D eigenvalue weighted by Crippen LogP contribution is -2.43. The highest BCUT2D eigenvalue weighted by Gasteiger charge is 2.34. The molecule has 1 aromatic heterocycles. The molecule has 1 fully saturated rings. The Bertz CT molecular complexity index is 1180. The van der Waals surface area contributed by atoms with Crippen LogP contribution in [0, 0.1) is 5.82 Å². The summed E-state index contributed by atoms with van der Waals surface area (Å²) in [5.41, 5.74) is 1.21. The molecule has 0 unspecified atom stereocenters. The summed E-state index contributed by atoms with van der Waals surface area (Å²) in [7, 11) is -1.83. The van der Waals surface area contributed by atoms with E-state index in [-0.39, 0.29) is 10.8 Å². The van der Waals surface area contributed by atoms with E-state index in [2.05, 4.69) is 21.0 Å². The predicted molar refractivity (Wildman–Crippen MR) is 111 cm³/mol. The van der Waals surface area contributed by atoms with Crippen molar-refractivity contribution < 1.29 is 17.6 Å². The van der Waals surface area contributed by atoms with Crippen molar-refractivity contribution in [1.82, 2.24) is 14.7 Å². The van der Waals surface area contributed by atoms with E-state index in [0.29, 0.717) is 31.6 Å². The summed E-state index contributed by atoms with van der Waals surface area (Å²) in [4.78, 5) is 14.9. The van der Waals surface area contributed by atoms with Crippen molar-refractivity contribution in [3.63, 3.8) is 0 Å². The molecule has 29 heavy (non-hydrogen) atoms. The number of aryl methyl sites for hydroxylation is 1. The standard InChI is InChI=1S/C20H19BrFN3O3S/c1-24-19(17-7-2-13(21)12-18(17)23-24)20(26)25-10-8-16(9-11-25)29(27,28)15-5-3-14(22)4-6-15/h2-7,12,16H,8-11H2,1H3. The summed E-state index contributed by atoms with van der Waals surface area (Å²) >= 11 is 3.41. The number of likely N-dealkylation sites (tertiary alicyclic amines) is 1. The maximum atomic E-state index is 13.1. The first-order valence-electron chi connectivity index (χ1n) is 9.18. The molecule has 1 aliphatic rings. The van der Waals surface area contributed by atoms with Crippen LogP contribution in [0.25, 0.3) is 10.9 Å². The van der Waals surface area contributed by atoms with Gasteiger partial charge in [0.15, 0.2) is 9.84 Å². The molecular weight excluding hydrogens is 461 g/mol. The zero-order valence-electron chi connectivity index (χ0n) is 15.7. The van der Waals surface area contributed by atoms with Crippen molar-refractivity contribution >= 4 is 42.6 Å². The average Bonchev–Trinajstić information content (AvgIpc) is 3.02. The SMILES string of the molecule is Cn1nc2cc(Br)ccc2c1C(=O)N1CCC(S(=O)(=O)c2ccc(F)cc2)CC1. The number of piperidine rings is 1. The highest BCUT2D eigenvalue weighted by Crippen LogP contribution is 2.27. The lowest BCUT2D eigenvalue weighted by molar-refractivity contribution is 0.0716. The number of carbonyl (C=O) groups is 1. The molecule has 2 heterocycles. The van der Waals surface area contributed by atoms with Crippen LogP contribution < -0.4 is 0 Å². The summed E-state index contributed by atoms with van der Waals surface area (Å²) in [6.45, 7) is 0.681. The number of carbonyl (C=O) groups excluding carboxylic acids is 1. The van der Waals surface area contributed by atoms with Gasteiger partial charge in [0.1, 0.15) is 11.5 Å². The van der Waals surface area contributed by atoms with Gasteiger partial charge in [-0.2, -0.15) is 5.10 Å². The number of rotatable bonds is 3.